The Kier molecular flexibility index (Phi) is 8.02. The summed E-state index contributed by atoms with van der Waals surface area (Å²) in [6.07, 6.45) is 2.80. The smallest absolute Gasteiger partial charge is 0.238 e. The number of carbonyl (C=O) groups excluding carboxylic acids is 1. The van der Waals surface area contributed by atoms with Gasteiger partial charge in [-0.15, -0.1) is 0 Å². The molecule has 176 valence electrons. The van der Waals surface area contributed by atoms with Gasteiger partial charge >= 0.3 is 0 Å². The van der Waals surface area contributed by atoms with Crippen molar-refractivity contribution in [3.63, 3.8) is 0 Å². The number of benzene rings is 1. The number of amides is 1. The maximum atomic E-state index is 13.0. The molecule has 0 spiro atoms. The third-order valence-corrected chi connectivity index (χ3v) is 6.29. The normalized spacial score (nSPS) is 18.6. The maximum Gasteiger partial charge on any atom is 0.238 e. The molecule has 10 heteroatoms. The van der Waals surface area contributed by atoms with Crippen LogP contribution in [-0.2, 0) is 16.1 Å². The molecule has 1 amide bonds. The van der Waals surface area contributed by atoms with E-state index in [1.54, 1.807) is 0 Å². The lowest BCUT2D eigenvalue weighted by atomic mass is 9.94. The average molecular weight is 517 g/mol. The van der Waals surface area contributed by atoms with Crippen LogP contribution in [0.1, 0.15) is 41.9 Å². The van der Waals surface area contributed by atoms with Crippen molar-refractivity contribution < 1.29 is 14.5 Å². The summed E-state index contributed by atoms with van der Waals surface area (Å²) >= 11 is 3.52. The van der Waals surface area contributed by atoms with Gasteiger partial charge in [-0.3, -0.25) is 9.69 Å². The number of hydrogen-bond donors (Lipinski definition) is 4. The first-order chi connectivity index (χ1) is 16.1. The molecule has 2 aliphatic heterocycles. The molecule has 2 aromatic rings. The van der Waals surface area contributed by atoms with Gasteiger partial charge in [-0.25, -0.2) is 15.0 Å². The molecule has 0 aliphatic carbocycles. The molecular formula is C23H31BrN7O2+. The third kappa shape index (κ3) is 5.75. The fourth-order valence-electron chi connectivity index (χ4n) is 4.09. The van der Waals surface area contributed by atoms with Crippen molar-refractivity contribution in [1.82, 2.24) is 20.2 Å². The van der Waals surface area contributed by atoms with Crippen LogP contribution in [0.2, 0.25) is 0 Å². The summed E-state index contributed by atoms with van der Waals surface area (Å²) in [4.78, 5) is 28.0. The molecule has 1 saturated heterocycles. The zero-order valence-electron chi connectivity index (χ0n) is 18.9. The fourth-order valence-corrected chi connectivity index (χ4v) is 4.47. The molecule has 9 nitrogen and oxygen atoms in total. The molecule has 2 aliphatic rings. The van der Waals surface area contributed by atoms with Gasteiger partial charge in [-0.1, -0.05) is 22.9 Å². The quantitative estimate of drug-likeness (QED) is 0.278. The zero-order chi connectivity index (χ0) is 23.2. The molecule has 0 saturated carbocycles. The highest BCUT2D eigenvalue weighted by Crippen LogP contribution is 2.39. The predicted octanol–water partition coefficient (Wildman–Crippen LogP) is 0.237. The molecule has 5 N–H and O–H groups in total. The second-order valence-corrected chi connectivity index (χ2v) is 9.12. The van der Waals surface area contributed by atoms with E-state index in [1.807, 2.05) is 24.4 Å². The number of nitrogens with two attached hydrogens (primary N) is 1. The predicted molar refractivity (Wildman–Crippen MR) is 131 cm³/mol. The first-order valence-electron chi connectivity index (χ1n) is 11.4. The second kappa shape index (κ2) is 11.1. The molecule has 1 atom stereocenters. The van der Waals surface area contributed by atoms with Crippen LogP contribution >= 0.6 is 15.9 Å². The number of halogens is 1. The van der Waals surface area contributed by atoms with E-state index in [0.29, 0.717) is 29.4 Å². The van der Waals surface area contributed by atoms with E-state index in [4.69, 9.17) is 15.5 Å². The van der Waals surface area contributed by atoms with Crippen LogP contribution in [0.25, 0.3) is 0 Å². The van der Waals surface area contributed by atoms with Gasteiger partial charge < -0.3 is 21.1 Å². The van der Waals surface area contributed by atoms with E-state index in [9.17, 15) is 4.79 Å². The number of nitrogen functional groups attached to an aromatic ring is 1. The summed E-state index contributed by atoms with van der Waals surface area (Å²) in [6, 6.07) is 5.77. The lowest BCUT2D eigenvalue weighted by Crippen LogP contribution is -2.69. The number of aromatic nitrogens is 2. The summed E-state index contributed by atoms with van der Waals surface area (Å²) in [5.74, 6) is 0.278. The standard InChI is InChI=1S/C23H30BrN7O2/c1-2-5-26-13-17-21(20-16-12-15(24)3-4-18(16)28-23(20)32)29-19(30-22(17)25)14-27-6-7-31-8-10-33-11-9-31/h3-4,12-13,20,27H,2,5-11,14H2,1H3,(H,28,32)(H2,25,29,30)/p+1. The van der Waals surface area contributed by atoms with Crippen LogP contribution in [0.4, 0.5) is 11.5 Å². The Balaban J connectivity index is 1.58. The molecule has 1 unspecified atom stereocenters. The Morgan fingerprint density at radius 2 is 2.18 bits per heavy atom. The number of fused-ring (bicyclic) bond motifs is 1. The largest absolute Gasteiger partial charge is 0.383 e. The lowest BCUT2D eigenvalue weighted by Gasteiger charge is -2.26. The Hall–Kier alpha value is -2.40. The first kappa shape index (κ1) is 23.7. The number of anilines is 2. The van der Waals surface area contributed by atoms with Crippen molar-refractivity contribution in [2.75, 3.05) is 57.0 Å². The van der Waals surface area contributed by atoms with Crippen molar-refractivity contribution in [3.05, 3.63) is 45.3 Å². The Morgan fingerprint density at radius 3 is 2.97 bits per heavy atom. The van der Waals surface area contributed by atoms with E-state index < -0.39 is 5.92 Å². The molecule has 1 aromatic carbocycles. The number of nitrogens with zero attached hydrogens (tertiary/aromatic N) is 3. The number of morpholine rings is 1. The van der Waals surface area contributed by atoms with E-state index in [0.717, 1.165) is 68.1 Å². The van der Waals surface area contributed by atoms with Crippen molar-refractivity contribution >= 4 is 39.6 Å². The Bertz CT molecular complexity index is 1020. The topological polar surface area (TPSA) is 119 Å². The molecule has 0 bridgehead atoms. The van der Waals surface area contributed by atoms with Crippen LogP contribution in [0.5, 0.6) is 0 Å². The number of nitrogens with one attached hydrogen (secondary N) is 3. The molecule has 1 aromatic heterocycles. The van der Waals surface area contributed by atoms with Crippen LogP contribution in [0.3, 0.4) is 0 Å². The van der Waals surface area contributed by atoms with Gasteiger partial charge in [0, 0.05) is 42.8 Å². The van der Waals surface area contributed by atoms with Crippen LogP contribution < -0.4 is 21.4 Å². The van der Waals surface area contributed by atoms with Gasteiger partial charge in [0.15, 0.2) is 6.21 Å². The second-order valence-electron chi connectivity index (χ2n) is 8.21. The summed E-state index contributed by atoms with van der Waals surface area (Å²) in [5, 5.41) is 6.38. The zero-order valence-corrected chi connectivity index (χ0v) is 20.5. The van der Waals surface area contributed by atoms with Crippen molar-refractivity contribution in [2.45, 2.75) is 25.8 Å². The van der Waals surface area contributed by atoms with E-state index in [-0.39, 0.29) is 5.91 Å². The van der Waals surface area contributed by atoms with Gasteiger partial charge in [-0.05, 0) is 23.8 Å². The minimum atomic E-state index is -0.551. The van der Waals surface area contributed by atoms with Crippen molar-refractivity contribution in [2.24, 2.45) is 0 Å². The Labute approximate surface area is 202 Å². The summed E-state index contributed by atoms with van der Waals surface area (Å²) in [7, 11) is 0. The van der Waals surface area contributed by atoms with Gasteiger partial charge in [0.2, 0.25) is 5.91 Å². The SMILES string of the molecule is CCC[NH+]=Cc1c(N)nc(CNCCN2CCOCC2)nc1C1C(=O)Nc2ccc(Br)cc21. The lowest BCUT2D eigenvalue weighted by molar-refractivity contribution is -0.451. The van der Waals surface area contributed by atoms with Gasteiger partial charge in [-0.2, -0.15) is 0 Å². The summed E-state index contributed by atoms with van der Waals surface area (Å²) in [6.45, 7) is 8.59. The van der Waals surface area contributed by atoms with Gasteiger partial charge in [0.1, 0.15) is 29.7 Å². The highest BCUT2D eigenvalue weighted by molar-refractivity contribution is 9.10. The Morgan fingerprint density at radius 1 is 1.36 bits per heavy atom. The summed E-state index contributed by atoms with van der Waals surface area (Å²) < 4.78 is 6.30. The number of rotatable bonds is 9. The van der Waals surface area contributed by atoms with Gasteiger partial charge in [0.25, 0.3) is 0 Å². The molecule has 3 heterocycles. The molecule has 1 fully saturated rings. The fraction of sp³-hybridized carbons (Fsp3) is 0.478. The molecular weight excluding hydrogens is 486 g/mol. The van der Waals surface area contributed by atoms with E-state index in [1.165, 1.54) is 0 Å². The molecule has 4 rings (SSSR count). The van der Waals surface area contributed by atoms with Gasteiger partial charge in [0.05, 0.1) is 25.5 Å². The minimum Gasteiger partial charge on any atom is -0.383 e. The average Bonchev–Trinajstić information content (AvgIpc) is 3.13. The minimum absolute atomic E-state index is 0.113. The van der Waals surface area contributed by atoms with Crippen LogP contribution in [0, 0.1) is 0 Å². The third-order valence-electron chi connectivity index (χ3n) is 5.80. The van der Waals surface area contributed by atoms with Crippen molar-refractivity contribution in [1.29, 1.82) is 0 Å². The summed E-state index contributed by atoms with van der Waals surface area (Å²) in [5.41, 5.74) is 9.33. The van der Waals surface area contributed by atoms with E-state index >= 15 is 0 Å². The van der Waals surface area contributed by atoms with E-state index in [2.05, 4.69) is 48.4 Å². The number of hydrogen-bond acceptors (Lipinski definition) is 7. The highest BCUT2D eigenvalue weighted by Gasteiger charge is 2.36. The van der Waals surface area contributed by atoms with Crippen LogP contribution in [-0.4, -0.2) is 72.9 Å². The first-order valence-corrected chi connectivity index (χ1v) is 12.2. The number of ether oxygens (including phenoxy) is 1. The highest BCUT2D eigenvalue weighted by atomic mass is 79.9. The molecule has 33 heavy (non-hydrogen) atoms. The monoisotopic (exact) mass is 516 g/mol. The van der Waals surface area contributed by atoms with Crippen LogP contribution in [0.15, 0.2) is 22.7 Å². The molecule has 0 radical (unpaired) electrons. The number of carbonyl (C=O) groups is 1. The van der Waals surface area contributed by atoms with Crippen molar-refractivity contribution in [3.8, 4) is 0 Å². The maximum absolute atomic E-state index is 13.0.